The van der Waals surface area contributed by atoms with Crippen LogP contribution in [0.2, 0.25) is 0 Å². The second-order valence-electron chi connectivity index (χ2n) is 6.18. The number of hydrogen-bond acceptors (Lipinski definition) is 5. The fourth-order valence-corrected chi connectivity index (χ4v) is 4.03. The van der Waals surface area contributed by atoms with Gasteiger partial charge in [-0.2, -0.15) is 0 Å². The monoisotopic (exact) mass is 308 g/mol. The lowest BCUT2D eigenvalue weighted by Crippen LogP contribution is -2.36. The first-order valence-electron chi connectivity index (χ1n) is 7.91. The Morgan fingerprint density at radius 3 is 2.62 bits per heavy atom. The minimum atomic E-state index is 0.376. The number of nitrogens with two attached hydrogens (primary N) is 1. The molecule has 3 rings (SSSR count). The van der Waals surface area contributed by atoms with Crippen molar-refractivity contribution >= 4 is 22.4 Å². The van der Waals surface area contributed by atoms with Crippen molar-refractivity contribution in [3.63, 3.8) is 0 Å². The summed E-state index contributed by atoms with van der Waals surface area (Å²) in [4.78, 5) is 22.0. The van der Waals surface area contributed by atoms with Gasteiger partial charge in [0, 0.05) is 37.1 Å². The number of anilines is 1. The van der Waals surface area contributed by atoms with Gasteiger partial charge in [-0.05, 0) is 44.7 Å². The molecule has 6 heteroatoms. The van der Waals surface area contributed by atoms with Gasteiger partial charge >= 0.3 is 0 Å². The van der Waals surface area contributed by atoms with Crippen molar-refractivity contribution < 1.29 is 4.79 Å². The van der Waals surface area contributed by atoms with Crippen molar-refractivity contribution in [2.45, 2.75) is 38.6 Å². The minimum Gasteiger partial charge on any atom is -0.375 e. The summed E-state index contributed by atoms with van der Waals surface area (Å²) in [5.41, 5.74) is 5.67. The number of piperidine rings is 1. The minimum absolute atomic E-state index is 0.376. The van der Waals surface area contributed by atoms with Gasteiger partial charge in [0.25, 0.3) is 0 Å². The molecule has 0 radical (unpaired) electrons. The molecule has 2 N–H and O–H groups in total. The van der Waals surface area contributed by atoms with E-state index in [-0.39, 0.29) is 0 Å². The molecule has 0 saturated carbocycles. The Labute approximate surface area is 130 Å². The molecule has 1 aromatic heterocycles. The molecule has 2 aliphatic heterocycles. The highest BCUT2D eigenvalue weighted by atomic mass is 32.1. The van der Waals surface area contributed by atoms with Crippen LogP contribution in [-0.2, 0) is 11.3 Å². The lowest BCUT2D eigenvalue weighted by atomic mass is 9.93. The van der Waals surface area contributed by atoms with Crippen LogP contribution in [-0.4, -0.2) is 46.9 Å². The number of nitrogen functional groups attached to an aromatic ring is 1. The average molecular weight is 308 g/mol. The van der Waals surface area contributed by atoms with Gasteiger partial charge in [0.05, 0.1) is 0 Å². The summed E-state index contributed by atoms with van der Waals surface area (Å²) >= 11 is 1.57. The maximum Gasteiger partial charge on any atom is 0.222 e. The van der Waals surface area contributed by atoms with E-state index >= 15 is 0 Å². The molecule has 2 saturated heterocycles. The number of aromatic nitrogens is 1. The van der Waals surface area contributed by atoms with Crippen LogP contribution in [0.5, 0.6) is 0 Å². The highest BCUT2D eigenvalue weighted by Gasteiger charge is 2.25. The number of amides is 1. The molecule has 0 unspecified atom stereocenters. The van der Waals surface area contributed by atoms with Crippen LogP contribution in [0, 0.1) is 5.92 Å². The van der Waals surface area contributed by atoms with E-state index in [1.807, 2.05) is 11.1 Å². The molecule has 0 atom stereocenters. The van der Waals surface area contributed by atoms with E-state index in [9.17, 15) is 4.79 Å². The van der Waals surface area contributed by atoms with E-state index in [0.29, 0.717) is 17.0 Å². The normalized spacial score (nSPS) is 21.0. The standard InChI is InChI=1S/C15H24N4OS/c16-15-17-10-13(21-15)11-18-7-3-12(4-8-18)9-14(20)19-5-1-2-6-19/h10,12H,1-9,11H2,(H2,16,17). The van der Waals surface area contributed by atoms with Crippen molar-refractivity contribution in [2.24, 2.45) is 5.92 Å². The van der Waals surface area contributed by atoms with Crippen molar-refractivity contribution in [1.29, 1.82) is 0 Å². The Hall–Kier alpha value is -1.14. The van der Waals surface area contributed by atoms with Gasteiger partial charge in [-0.1, -0.05) is 0 Å². The zero-order valence-electron chi connectivity index (χ0n) is 12.5. The molecule has 21 heavy (non-hydrogen) atoms. The van der Waals surface area contributed by atoms with E-state index < -0.39 is 0 Å². The van der Waals surface area contributed by atoms with Gasteiger partial charge in [0.1, 0.15) is 0 Å². The number of carbonyl (C=O) groups is 1. The van der Waals surface area contributed by atoms with E-state index in [1.165, 1.54) is 17.7 Å². The van der Waals surface area contributed by atoms with E-state index in [1.54, 1.807) is 11.3 Å². The number of carbonyl (C=O) groups excluding carboxylic acids is 1. The zero-order chi connectivity index (χ0) is 14.7. The molecule has 0 aliphatic carbocycles. The summed E-state index contributed by atoms with van der Waals surface area (Å²) < 4.78 is 0. The maximum absolute atomic E-state index is 12.2. The van der Waals surface area contributed by atoms with Crippen LogP contribution in [0.15, 0.2) is 6.20 Å². The SMILES string of the molecule is Nc1ncc(CN2CCC(CC(=O)N3CCCC3)CC2)s1. The smallest absolute Gasteiger partial charge is 0.222 e. The van der Waals surface area contributed by atoms with E-state index in [2.05, 4.69) is 9.88 Å². The van der Waals surface area contributed by atoms with Gasteiger partial charge in [-0.25, -0.2) is 4.98 Å². The molecule has 5 nitrogen and oxygen atoms in total. The third kappa shape index (κ3) is 3.95. The molecule has 0 bridgehead atoms. The molecule has 116 valence electrons. The second kappa shape index (κ2) is 6.75. The summed E-state index contributed by atoms with van der Waals surface area (Å²) in [6.07, 6.45) is 7.26. The van der Waals surface area contributed by atoms with Crippen molar-refractivity contribution in [1.82, 2.24) is 14.8 Å². The topological polar surface area (TPSA) is 62.5 Å². The lowest BCUT2D eigenvalue weighted by molar-refractivity contribution is -0.131. The highest BCUT2D eigenvalue weighted by molar-refractivity contribution is 7.15. The first-order chi connectivity index (χ1) is 10.2. The molecule has 1 aromatic rings. The predicted octanol–water partition coefficient (Wildman–Crippen LogP) is 1.95. The Morgan fingerprint density at radius 1 is 1.29 bits per heavy atom. The first-order valence-corrected chi connectivity index (χ1v) is 8.72. The van der Waals surface area contributed by atoms with Crippen LogP contribution < -0.4 is 5.73 Å². The molecule has 2 aliphatic rings. The van der Waals surface area contributed by atoms with Crippen LogP contribution in [0.1, 0.15) is 37.0 Å². The largest absolute Gasteiger partial charge is 0.375 e. The molecule has 1 amide bonds. The molecule has 2 fully saturated rings. The lowest BCUT2D eigenvalue weighted by Gasteiger charge is -2.32. The van der Waals surface area contributed by atoms with Gasteiger partial charge in [0.15, 0.2) is 5.13 Å². The van der Waals surface area contributed by atoms with E-state index in [0.717, 1.165) is 52.0 Å². The van der Waals surface area contributed by atoms with E-state index in [4.69, 9.17) is 5.73 Å². The first kappa shape index (κ1) is 14.8. The van der Waals surface area contributed by atoms with Crippen molar-refractivity contribution in [2.75, 3.05) is 31.9 Å². The third-order valence-corrected chi connectivity index (χ3v) is 5.39. The molecular formula is C15H24N4OS. The summed E-state index contributed by atoms with van der Waals surface area (Å²) in [6, 6.07) is 0. The van der Waals surface area contributed by atoms with Crippen LogP contribution >= 0.6 is 11.3 Å². The van der Waals surface area contributed by atoms with Gasteiger partial charge < -0.3 is 10.6 Å². The Morgan fingerprint density at radius 2 is 2.00 bits per heavy atom. The summed E-state index contributed by atoms with van der Waals surface area (Å²) in [7, 11) is 0. The number of nitrogens with zero attached hydrogens (tertiary/aromatic N) is 3. The van der Waals surface area contributed by atoms with Gasteiger partial charge in [0.2, 0.25) is 5.91 Å². The fourth-order valence-electron chi connectivity index (χ4n) is 3.31. The predicted molar refractivity (Wildman–Crippen MR) is 85.0 cm³/mol. The number of thiazole rings is 1. The molecule has 0 spiro atoms. The quantitative estimate of drug-likeness (QED) is 0.923. The van der Waals surface area contributed by atoms with Gasteiger partial charge in [-0.15, -0.1) is 11.3 Å². The van der Waals surface area contributed by atoms with Crippen molar-refractivity contribution in [3.05, 3.63) is 11.1 Å². The van der Waals surface area contributed by atoms with Crippen LogP contribution in [0.4, 0.5) is 5.13 Å². The summed E-state index contributed by atoms with van der Waals surface area (Å²) in [5, 5.41) is 0.649. The number of rotatable bonds is 4. The molecule has 3 heterocycles. The number of likely N-dealkylation sites (tertiary alicyclic amines) is 2. The van der Waals surface area contributed by atoms with Crippen LogP contribution in [0.3, 0.4) is 0 Å². The third-order valence-electron chi connectivity index (χ3n) is 4.58. The highest BCUT2D eigenvalue weighted by Crippen LogP contribution is 2.25. The number of hydrogen-bond donors (Lipinski definition) is 1. The molecule has 0 aromatic carbocycles. The van der Waals surface area contributed by atoms with Crippen LogP contribution in [0.25, 0.3) is 0 Å². The zero-order valence-corrected chi connectivity index (χ0v) is 13.3. The fraction of sp³-hybridized carbons (Fsp3) is 0.733. The Kier molecular flexibility index (Phi) is 4.75. The Balaban J connectivity index is 1.41. The average Bonchev–Trinajstić information content (AvgIpc) is 3.13. The molecular weight excluding hydrogens is 284 g/mol. The van der Waals surface area contributed by atoms with Crippen molar-refractivity contribution in [3.8, 4) is 0 Å². The van der Waals surface area contributed by atoms with Gasteiger partial charge in [-0.3, -0.25) is 9.69 Å². The summed E-state index contributed by atoms with van der Waals surface area (Å²) in [6.45, 7) is 5.06. The summed E-state index contributed by atoms with van der Waals surface area (Å²) in [5.74, 6) is 0.946. The maximum atomic E-state index is 12.2. The second-order valence-corrected chi connectivity index (χ2v) is 7.32. The Bertz CT molecular complexity index is 476.